The number of benzene rings is 2. The van der Waals surface area contributed by atoms with E-state index in [0.717, 1.165) is 16.6 Å². The lowest BCUT2D eigenvalue weighted by Crippen LogP contribution is -2.13. The minimum Gasteiger partial charge on any atom is -0.459 e. The first-order valence-corrected chi connectivity index (χ1v) is 8.03. The Kier molecular flexibility index (Phi) is 4.67. The molecule has 0 radical (unpaired) electrons. The Morgan fingerprint density at radius 3 is 2.71 bits per heavy atom. The summed E-state index contributed by atoms with van der Waals surface area (Å²) in [6, 6.07) is 14.7. The van der Waals surface area contributed by atoms with E-state index in [1.165, 1.54) is 0 Å². The maximum atomic E-state index is 12.3. The molecule has 1 aromatic heterocycles. The highest BCUT2D eigenvalue weighted by atomic mass is 35.5. The lowest BCUT2D eigenvalue weighted by molar-refractivity contribution is 0.0379. The van der Waals surface area contributed by atoms with Gasteiger partial charge in [0.2, 0.25) is 0 Å². The van der Waals surface area contributed by atoms with Crippen LogP contribution >= 0.6 is 11.6 Å². The number of nitrogens with zero attached hydrogens (tertiary/aromatic N) is 1. The molecule has 0 aliphatic carbocycles. The molecular formula is C19H17ClN2O2. The quantitative estimate of drug-likeness (QED) is 0.663. The number of halogens is 1. The zero-order chi connectivity index (χ0) is 17.1. The number of pyridine rings is 1. The van der Waals surface area contributed by atoms with Gasteiger partial charge in [-0.15, -0.1) is 0 Å². The second kappa shape index (κ2) is 6.89. The molecule has 0 amide bonds. The van der Waals surface area contributed by atoms with Gasteiger partial charge in [-0.2, -0.15) is 0 Å². The molecule has 5 heteroatoms. The van der Waals surface area contributed by atoms with Gasteiger partial charge in [0.15, 0.2) is 0 Å². The third kappa shape index (κ3) is 3.49. The fraction of sp³-hybridized carbons (Fsp3) is 0.158. The van der Waals surface area contributed by atoms with E-state index in [2.05, 4.69) is 10.3 Å². The van der Waals surface area contributed by atoms with Crippen molar-refractivity contribution in [2.24, 2.45) is 0 Å². The molecule has 3 rings (SSSR count). The molecule has 122 valence electrons. The highest BCUT2D eigenvalue weighted by Crippen LogP contribution is 2.28. The van der Waals surface area contributed by atoms with Crippen LogP contribution in [0, 0.1) is 0 Å². The zero-order valence-corrected chi connectivity index (χ0v) is 14.2. The molecular weight excluding hydrogens is 324 g/mol. The molecule has 0 saturated carbocycles. The van der Waals surface area contributed by atoms with Gasteiger partial charge in [-0.05, 0) is 50.2 Å². The number of aromatic nitrogens is 1. The summed E-state index contributed by atoms with van der Waals surface area (Å²) in [6.07, 6.45) is 1.53. The molecule has 0 saturated heterocycles. The number of nitrogens with one attached hydrogen (secondary N) is 1. The number of ether oxygens (including phenoxy) is 1. The fourth-order valence-electron chi connectivity index (χ4n) is 2.42. The molecule has 0 aliphatic rings. The van der Waals surface area contributed by atoms with Crippen LogP contribution in [0.25, 0.3) is 10.9 Å². The second-order valence-corrected chi connectivity index (χ2v) is 6.08. The highest BCUT2D eigenvalue weighted by molar-refractivity contribution is 6.31. The number of carbonyl (C=O) groups excluding carboxylic acids is 1. The third-order valence-corrected chi connectivity index (χ3v) is 3.70. The summed E-state index contributed by atoms with van der Waals surface area (Å²) >= 11 is 6.02. The molecule has 0 unspecified atom stereocenters. The smallest absolute Gasteiger partial charge is 0.340 e. The summed E-state index contributed by atoms with van der Waals surface area (Å²) in [5, 5.41) is 4.86. The first-order chi connectivity index (χ1) is 11.5. The summed E-state index contributed by atoms with van der Waals surface area (Å²) < 4.78 is 5.31. The predicted molar refractivity (Wildman–Crippen MR) is 97.0 cm³/mol. The van der Waals surface area contributed by atoms with Gasteiger partial charge in [0.05, 0.1) is 22.9 Å². The van der Waals surface area contributed by atoms with Gasteiger partial charge in [-0.1, -0.05) is 23.7 Å². The molecule has 0 aliphatic heterocycles. The lowest BCUT2D eigenvalue weighted by Gasteiger charge is -2.14. The molecule has 0 atom stereocenters. The van der Waals surface area contributed by atoms with E-state index in [1.807, 2.05) is 50.2 Å². The minimum atomic E-state index is -0.352. The largest absolute Gasteiger partial charge is 0.459 e. The number of anilines is 2. The standard InChI is InChI=1S/C19H17ClN2O2/c1-12(2)24-19(23)15-5-3-4-6-16(15)22-17-9-10-21-18-11-13(20)7-8-14(17)18/h3-12H,1-2H3,(H,21,22). The molecule has 0 bridgehead atoms. The molecule has 24 heavy (non-hydrogen) atoms. The van der Waals surface area contributed by atoms with Crippen molar-refractivity contribution in [1.82, 2.24) is 4.98 Å². The van der Waals surface area contributed by atoms with Gasteiger partial charge in [-0.25, -0.2) is 4.79 Å². The van der Waals surface area contributed by atoms with Gasteiger partial charge in [0.25, 0.3) is 0 Å². The zero-order valence-electron chi connectivity index (χ0n) is 13.4. The van der Waals surface area contributed by atoms with Crippen molar-refractivity contribution in [1.29, 1.82) is 0 Å². The molecule has 2 aromatic carbocycles. The lowest BCUT2D eigenvalue weighted by atomic mass is 10.1. The van der Waals surface area contributed by atoms with Crippen molar-refractivity contribution in [3.05, 3.63) is 65.3 Å². The molecule has 1 heterocycles. The summed E-state index contributed by atoms with van der Waals surface area (Å²) in [6.45, 7) is 3.65. The Balaban J connectivity index is 1.99. The van der Waals surface area contributed by atoms with Crippen LogP contribution in [0.3, 0.4) is 0 Å². The minimum absolute atomic E-state index is 0.172. The van der Waals surface area contributed by atoms with Crippen LogP contribution in [0.5, 0.6) is 0 Å². The van der Waals surface area contributed by atoms with E-state index in [-0.39, 0.29) is 12.1 Å². The Hall–Kier alpha value is -2.59. The van der Waals surface area contributed by atoms with Crippen LogP contribution in [-0.2, 0) is 4.74 Å². The number of para-hydroxylation sites is 1. The first-order valence-electron chi connectivity index (χ1n) is 7.66. The van der Waals surface area contributed by atoms with E-state index in [4.69, 9.17) is 16.3 Å². The van der Waals surface area contributed by atoms with Gasteiger partial charge in [0.1, 0.15) is 0 Å². The van der Waals surface area contributed by atoms with Gasteiger partial charge >= 0.3 is 5.97 Å². The van der Waals surface area contributed by atoms with Crippen molar-refractivity contribution in [3.63, 3.8) is 0 Å². The van der Waals surface area contributed by atoms with Crippen LogP contribution in [0.1, 0.15) is 24.2 Å². The second-order valence-electron chi connectivity index (χ2n) is 5.64. The maximum Gasteiger partial charge on any atom is 0.340 e. The maximum absolute atomic E-state index is 12.3. The van der Waals surface area contributed by atoms with Crippen LogP contribution in [0.4, 0.5) is 11.4 Å². The fourth-order valence-corrected chi connectivity index (χ4v) is 2.59. The van der Waals surface area contributed by atoms with E-state index in [0.29, 0.717) is 16.3 Å². The van der Waals surface area contributed by atoms with Crippen LogP contribution < -0.4 is 5.32 Å². The number of hydrogen-bond donors (Lipinski definition) is 1. The topological polar surface area (TPSA) is 51.2 Å². The molecule has 0 fully saturated rings. The Morgan fingerprint density at radius 1 is 1.12 bits per heavy atom. The average molecular weight is 341 g/mol. The number of hydrogen-bond acceptors (Lipinski definition) is 4. The Morgan fingerprint density at radius 2 is 1.92 bits per heavy atom. The predicted octanol–water partition coefficient (Wildman–Crippen LogP) is 5.20. The van der Waals surface area contributed by atoms with Gasteiger partial charge in [0, 0.05) is 22.3 Å². The Bertz CT molecular complexity index is 893. The summed E-state index contributed by atoms with van der Waals surface area (Å²) in [7, 11) is 0. The van der Waals surface area contributed by atoms with Crippen LogP contribution in [0.2, 0.25) is 5.02 Å². The van der Waals surface area contributed by atoms with E-state index < -0.39 is 0 Å². The molecule has 0 spiro atoms. The molecule has 3 aromatic rings. The normalized spacial score (nSPS) is 10.8. The molecule has 1 N–H and O–H groups in total. The summed E-state index contributed by atoms with van der Waals surface area (Å²) in [4.78, 5) is 16.6. The van der Waals surface area contributed by atoms with Crippen molar-refractivity contribution < 1.29 is 9.53 Å². The summed E-state index contributed by atoms with van der Waals surface area (Å²) in [5.41, 5.74) is 2.81. The SMILES string of the molecule is CC(C)OC(=O)c1ccccc1Nc1ccnc2cc(Cl)ccc12. The average Bonchev–Trinajstić information content (AvgIpc) is 2.54. The number of carbonyl (C=O) groups is 1. The number of esters is 1. The van der Waals surface area contributed by atoms with Gasteiger partial charge < -0.3 is 10.1 Å². The highest BCUT2D eigenvalue weighted by Gasteiger charge is 2.14. The first kappa shape index (κ1) is 16.3. The molecule has 4 nitrogen and oxygen atoms in total. The van der Waals surface area contributed by atoms with Crippen molar-refractivity contribution >= 4 is 39.8 Å². The number of fused-ring (bicyclic) bond motifs is 1. The van der Waals surface area contributed by atoms with E-state index in [1.54, 1.807) is 18.3 Å². The Labute approximate surface area is 145 Å². The van der Waals surface area contributed by atoms with Crippen LogP contribution in [0.15, 0.2) is 54.7 Å². The van der Waals surface area contributed by atoms with Gasteiger partial charge in [-0.3, -0.25) is 4.98 Å². The van der Waals surface area contributed by atoms with Crippen molar-refractivity contribution in [3.8, 4) is 0 Å². The monoisotopic (exact) mass is 340 g/mol. The van der Waals surface area contributed by atoms with E-state index in [9.17, 15) is 4.79 Å². The van der Waals surface area contributed by atoms with Crippen LogP contribution in [-0.4, -0.2) is 17.1 Å². The van der Waals surface area contributed by atoms with Crippen molar-refractivity contribution in [2.75, 3.05) is 5.32 Å². The van der Waals surface area contributed by atoms with E-state index >= 15 is 0 Å². The number of rotatable bonds is 4. The third-order valence-electron chi connectivity index (χ3n) is 3.46. The van der Waals surface area contributed by atoms with Crippen molar-refractivity contribution in [2.45, 2.75) is 20.0 Å². The summed E-state index contributed by atoms with van der Waals surface area (Å²) in [5.74, 6) is -0.352.